The molecule has 0 saturated heterocycles. The van der Waals surface area contributed by atoms with Gasteiger partial charge in [-0.15, -0.1) is 23.5 Å². The van der Waals surface area contributed by atoms with Gasteiger partial charge in [-0.2, -0.15) is 4.98 Å². The van der Waals surface area contributed by atoms with E-state index in [1.807, 2.05) is 55.3 Å². The van der Waals surface area contributed by atoms with E-state index in [2.05, 4.69) is 83.2 Å². The molecule has 0 saturated carbocycles. The lowest BCUT2D eigenvalue weighted by atomic mass is 10.2. The summed E-state index contributed by atoms with van der Waals surface area (Å²) in [6.07, 6.45) is 9.38. The molecular weight excluding hydrogens is 637 g/mol. The van der Waals surface area contributed by atoms with Crippen molar-refractivity contribution >= 4 is 79.2 Å². The second-order valence-electron chi connectivity index (χ2n) is 11.0. The largest absolute Gasteiger partial charge is 0.424 e. The first-order valence-electron chi connectivity index (χ1n) is 15.0. The van der Waals surface area contributed by atoms with Crippen molar-refractivity contribution in [3.63, 3.8) is 0 Å². The Morgan fingerprint density at radius 2 is 1.39 bits per heavy atom. The van der Waals surface area contributed by atoms with Gasteiger partial charge in [0.15, 0.2) is 10.7 Å². The van der Waals surface area contributed by atoms with Crippen LogP contribution in [0.15, 0.2) is 81.5 Å². The van der Waals surface area contributed by atoms with Crippen LogP contribution in [0.25, 0.3) is 21.3 Å². The Morgan fingerprint density at radius 1 is 0.739 bits per heavy atom. The van der Waals surface area contributed by atoms with Crippen LogP contribution >= 0.6 is 34.9 Å². The second kappa shape index (κ2) is 15.4. The summed E-state index contributed by atoms with van der Waals surface area (Å²) in [7, 11) is 0. The molecule has 0 amide bonds. The van der Waals surface area contributed by atoms with Crippen molar-refractivity contribution in [3.8, 4) is 0 Å². The van der Waals surface area contributed by atoms with Crippen molar-refractivity contribution in [1.29, 1.82) is 0 Å². The van der Waals surface area contributed by atoms with Gasteiger partial charge in [-0.3, -0.25) is 0 Å². The highest BCUT2D eigenvalue weighted by Gasteiger charge is 2.11. The summed E-state index contributed by atoms with van der Waals surface area (Å²) in [5.74, 6) is 2.72. The summed E-state index contributed by atoms with van der Waals surface area (Å²) in [5.41, 5.74) is 3.77. The van der Waals surface area contributed by atoms with Gasteiger partial charge in [0.2, 0.25) is 11.9 Å². The molecule has 14 heteroatoms. The number of hydrogen-bond acceptors (Lipinski definition) is 14. The zero-order valence-electron chi connectivity index (χ0n) is 25.9. The number of oxazole rings is 1. The fourth-order valence-corrected chi connectivity index (χ4v) is 6.40. The molecule has 0 aliphatic carbocycles. The number of anilines is 4. The standard InChI is InChI=1S/C32H36N10OS3/c1-20(11-33-29-35-15-23(44-3)16-36-29)13-39-31-41-26-10-22(8-9-27(26)43-31)19-45-24-17-37-30(38-18-24)34-12-21(2)14-40-32-42-25-6-4-5-7-28(25)46-32/h4-10,15-18,20-21H,11-14,19H2,1-3H3,(H,39,41)(H,40,42)(H,33,35,36)(H,34,37,38)/t20-,21-/m0/s1. The predicted molar refractivity (Wildman–Crippen MR) is 191 cm³/mol. The number of hydrogen-bond donors (Lipinski definition) is 4. The Kier molecular flexibility index (Phi) is 10.7. The molecule has 0 unspecified atom stereocenters. The maximum atomic E-state index is 5.92. The van der Waals surface area contributed by atoms with Gasteiger partial charge in [-0.1, -0.05) is 43.4 Å². The minimum Gasteiger partial charge on any atom is -0.424 e. The molecule has 6 aromatic rings. The van der Waals surface area contributed by atoms with Crippen LogP contribution in [0.5, 0.6) is 0 Å². The van der Waals surface area contributed by atoms with Gasteiger partial charge in [0, 0.05) is 66.5 Å². The molecule has 11 nitrogen and oxygen atoms in total. The lowest BCUT2D eigenvalue weighted by Gasteiger charge is -2.13. The van der Waals surface area contributed by atoms with Crippen molar-refractivity contribution in [1.82, 2.24) is 29.9 Å². The van der Waals surface area contributed by atoms with Gasteiger partial charge in [0.05, 0.1) is 10.2 Å². The Labute approximate surface area is 280 Å². The Morgan fingerprint density at radius 3 is 2.09 bits per heavy atom. The lowest BCUT2D eigenvalue weighted by molar-refractivity contribution is 0.586. The number of rotatable bonds is 16. The summed E-state index contributed by atoms with van der Waals surface area (Å²) < 4.78 is 7.11. The van der Waals surface area contributed by atoms with E-state index < -0.39 is 0 Å². The molecular formula is C32H36N10OS3. The fourth-order valence-electron chi connectivity index (χ4n) is 4.45. The summed E-state index contributed by atoms with van der Waals surface area (Å²) >= 11 is 4.99. The van der Waals surface area contributed by atoms with E-state index in [0.717, 1.165) is 62.5 Å². The van der Waals surface area contributed by atoms with Crippen LogP contribution in [0.3, 0.4) is 0 Å². The first kappa shape index (κ1) is 31.8. The van der Waals surface area contributed by atoms with E-state index in [9.17, 15) is 0 Å². The van der Waals surface area contributed by atoms with Crippen molar-refractivity contribution in [2.45, 2.75) is 29.4 Å². The number of para-hydroxylation sites is 1. The van der Waals surface area contributed by atoms with Gasteiger partial charge in [0.25, 0.3) is 6.01 Å². The van der Waals surface area contributed by atoms with Gasteiger partial charge in [-0.05, 0) is 47.9 Å². The molecule has 4 aromatic heterocycles. The van der Waals surface area contributed by atoms with E-state index in [4.69, 9.17) is 4.42 Å². The number of thioether (sulfide) groups is 2. The minimum absolute atomic E-state index is 0.310. The zero-order valence-corrected chi connectivity index (χ0v) is 28.3. The number of fused-ring (bicyclic) bond motifs is 2. The molecule has 0 bridgehead atoms. The highest BCUT2D eigenvalue weighted by molar-refractivity contribution is 7.98. The molecule has 0 spiro atoms. The lowest BCUT2D eigenvalue weighted by Crippen LogP contribution is -2.20. The Bertz CT molecular complexity index is 1810. The normalized spacial score (nSPS) is 12.7. The maximum Gasteiger partial charge on any atom is 0.295 e. The zero-order chi connectivity index (χ0) is 31.7. The van der Waals surface area contributed by atoms with Crippen LogP contribution in [-0.2, 0) is 5.75 Å². The smallest absolute Gasteiger partial charge is 0.295 e. The third kappa shape index (κ3) is 8.77. The molecule has 4 N–H and O–H groups in total. The molecule has 0 fully saturated rings. The molecule has 46 heavy (non-hydrogen) atoms. The molecule has 2 atom stereocenters. The van der Waals surface area contributed by atoms with E-state index in [1.165, 1.54) is 4.70 Å². The van der Waals surface area contributed by atoms with Crippen LogP contribution in [0, 0.1) is 11.8 Å². The average Bonchev–Trinajstić information content (AvgIpc) is 3.71. The molecule has 2 aromatic carbocycles. The van der Waals surface area contributed by atoms with Crippen LogP contribution in [0.1, 0.15) is 19.4 Å². The van der Waals surface area contributed by atoms with E-state index in [0.29, 0.717) is 36.3 Å². The highest BCUT2D eigenvalue weighted by atomic mass is 32.2. The minimum atomic E-state index is 0.310. The molecule has 0 aliphatic rings. The van der Waals surface area contributed by atoms with Gasteiger partial charge in [-0.25, -0.2) is 24.9 Å². The van der Waals surface area contributed by atoms with Crippen LogP contribution < -0.4 is 21.3 Å². The van der Waals surface area contributed by atoms with Crippen LogP contribution in [0.4, 0.5) is 23.0 Å². The number of nitrogens with zero attached hydrogens (tertiary/aromatic N) is 6. The predicted octanol–water partition coefficient (Wildman–Crippen LogP) is 7.35. The number of aromatic nitrogens is 6. The third-order valence-electron chi connectivity index (χ3n) is 7.06. The fraction of sp³-hybridized carbons (Fsp3) is 0.312. The van der Waals surface area contributed by atoms with Crippen LogP contribution in [-0.4, -0.2) is 62.3 Å². The summed E-state index contributed by atoms with van der Waals surface area (Å²) in [5, 5.41) is 14.3. The van der Waals surface area contributed by atoms with Crippen LogP contribution in [0.2, 0.25) is 0 Å². The van der Waals surface area contributed by atoms with E-state index >= 15 is 0 Å². The summed E-state index contributed by atoms with van der Waals surface area (Å²) in [6.45, 7) is 7.34. The molecule has 0 radical (unpaired) electrons. The number of nitrogens with one attached hydrogen (secondary N) is 4. The molecule has 238 valence electrons. The topological polar surface area (TPSA) is 139 Å². The SMILES string of the molecule is CSc1cnc(NC[C@H](C)CNc2nc3cc(CSc4cnc(NC[C@H](C)CNc5nc6ccccc6s5)nc4)ccc3o2)nc1. The van der Waals surface area contributed by atoms with Crippen molar-refractivity contribution in [3.05, 3.63) is 72.8 Å². The van der Waals surface area contributed by atoms with Crippen molar-refractivity contribution in [2.24, 2.45) is 11.8 Å². The van der Waals surface area contributed by atoms with Gasteiger partial charge in [0.1, 0.15) is 5.52 Å². The summed E-state index contributed by atoms with van der Waals surface area (Å²) in [6, 6.07) is 14.8. The van der Waals surface area contributed by atoms with Crippen molar-refractivity contribution in [2.75, 3.05) is 53.7 Å². The van der Waals surface area contributed by atoms with Gasteiger partial charge < -0.3 is 25.7 Å². The third-order valence-corrected chi connectivity index (χ3v) is 9.76. The van der Waals surface area contributed by atoms with E-state index in [-0.39, 0.29) is 0 Å². The Hall–Kier alpha value is -4.14. The molecule has 0 aliphatic heterocycles. The average molecular weight is 673 g/mol. The monoisotopic (exact) mass is 672 g/mol. The first-order valence-corrected chi connectivity index (χ1v) is 18.0. The van der Waals surface area contributed by atoms with E-state index in [1.54, 1.807) is 34.9 Å². The second-order valence-corrected chi connectivity index (χ2v) is 14.0. The Balaban J connectivity index is 0.915. The number of benzene rings is 2. The van der Waals surface area contributed by atoms with Crippen molar-refractivity contribution < 1.29 is 4.42 Å². The first-order chi connectivity index (χ1) is 22.5. The summed E-state index contributed by atoms with van der Waals surface area (Å²) in [4.78, 5) is 29.0. The molecule has 4 heterocycles. The van der Waals surface area contributed by atoms with Gasteiger partial charge >= 0.3 is 0 Å². The number of thiazole rings is 1. The highest BCUT2D eigenvalue weighted by Crippen LogP contribution is 2.27. The quantitative estimate of drug-likeness (QED) is 0.0763. The molecule has 6 rings (SSSR count). The maximum absolute atomic E-state index is 5.92.